The lowest BCUT2D eigenvalue weighted by atomic mass is 10.0. The Morgan fingerprint density at radius 1 is 1.35 bits per heavy atom. The van der Waals surface area contributed by atoms with Gasteiger partial charge in [0.1, 0.15) is 5.75 Å². The van der Waals surface area contributed by atoms with Crippen molar-refractivity contribution in [3.05, 3.63) is 47.5 Å². The lowest BCUT2D eigenvalue weighted by Gasteiger charge is -2.19. The van der Waals surface area contributed by atoms with Crippen molar-refractivity contribution < 1.29 is 14.3 Å². The van der Waals surface area contributed by atoms with E-state index in [-0.39, 0.29) is 11.9 Å². The highest BCUT2D eigenvalue weighted by molar-refractivity contribution is 6.30. The number of nitrogens with zero attached hydrogens (tertiary/aromatic N) is 3. The van der Waals surface area contributed by atoms with Crippen LogP contribution in [-0.4, -0.2) is 46.7 Å². The molecule has 0 radical (unpaired) electrons. The Balaban J connectivity index is 1.35. The molecule has 0 amide bonds. The van der Waals surface area contributed by atoms with Crippen LogP contribution >= 0.6 is 11.6 Å². The van der Waals surface area contributed by atoms with Crippen molar-refractivity contribution in [1.29, 1.82) is 0 Å². The molecular formula is C19H22ClN3O3. The van der Waals surface area contributed by atoms with Crippen LogP contribution in [0.1, 0.15) is 12.0 Å². The van der Waals surface area contributed by atoms with Gasteiger partial charge in [-0.15, -0.1) is 0 Å². The van der Waals surface area contributed by atoms with Gasteiger partial charge in [0.2, 0.25) is 0 Å². The molecule has 2 aromatic rings. The summed E-state index contributed by atoms with van der Waals surface area (Å²) in [6, 6.07) is 5.74. The molecule has 2 fully saturated rings. The predicted octanol–water partition coefficient (Wildman–Crippen LogP) is 2.61. The number of hydrogen-bond acceptors (Lipinski definition) is 5. The van der Waals surface area contributed by atoms with Gasteiger partial charge in [0.15, 0.2) is 0 Å². The van der Waals surface area contributed by atoms with Crippen molar-refractivity contribution in [3.63, 3.8) is 0 Å². The number of esters is 1. The minimum Gasteiger partial charge on any atom is -0.493 e. The number of carbonyl (C=O) groups is 1. The number of ether oxygens (including phenoxy) is 2. The van der Waals surface area contributed by atoms with Gasteiger partial charge in [-0.25, -0.2) is 4.98 Å². The fourth-order valence-corrected chi connectivity index (χ4v) is 3.92. The highest BCUT2D eigenvalue weighted by atomic mass is 35.5. The predicted molar refractivity (Wildman–Crippen MR) is 97.0 cm³/mol. The second kappa shape index (κ2) is 7.68. The average Bonchev–Trinajstić information content (AvgIpc) is 3.33. The summed E-state index contributed by atoms with van der Waals surface area (Å²) >= 11 is 6.19. The molecule has 2 saturated heterocycles. The van der Waals surface area contributed by atoms with E-state index in [2.05, 4.69) is 9.88 Å². The van der Waals surface area contributed by atoms with Gasteiger partial charge in [0.05, 0.1) is 25.5 Å². The summed E-state index contributed by atoms with van der Waals surface area (Å²) in [5, 5.41) is 0.699. The summed E-state index contributed by atoms with van der Waals surface area (Å²) in [4.78, 5) is 18.1. The van der Waals surface area contributed by atoms with Gasteiger partial charge in [-0.3, -0.25) is 9.69 Å². The zero-order valence-corrected chi connectivity index (χ0v) is 15.3. The number of aromatic nitrogens is 2. The van der Waals surface area contributed by atoms with Gasteiger partial charge < -0.3 is 14.0 Å². The lowest BCUT2D eigenvalue weighted by Crippen LogP contribution is -2.24. The van der Waals surface area contributed by atoms with Gasteiger partial charge in [-0.1, -0.05) is 11.6 Å². The van der Waals surface area contributed by atoms with E-state index in [1.54, 1.807) is 6.20 Å². The quantitative estimate of drug-likeness (QED) is 0.550. The molecule has 0 spiro atoms. The van der Waals surface area contributed by atoms with Crippen molar-refractivity contribution in [1.82, 2.24) is 14.5 Å². The van der Waals surface area contributed by atoms with Crippen LogP contribution in [-0.2, 0) is 22.6 Å². The standard InChI is InChI=1S/C19H22ClN3O3/c20-16-2-3-18(25-7-1-5-22-6-4-21-13-22)14(8-16)9-23-10-15-12-26-19(24)17(15)11-23/h2-4,6,8,13,15,17H,1,5,7,9-12H2/t15-,17-/m1/s1. The first-order valence-corrected chi connectivity index (χ1v) is 9.33. The van der Waals surface area contributed by atoms with Crippen molar-refractivity contribution in [3.8, 4) is 5.75 Å². The van der Waals surface area contributed by atoms with Gasteiger partial charge in [-0.05, 0) is 24.6 Å². The Hall–Kier alpha value is -2.05. The fourth-order valence-electron chi connectivity index (χ4n) is 3.72. The summed E-state index contributed by atoms with van der Waals surface area (Å²) < 4.78 is 13.2. The molecule has 4 rings (SSSR count). The van der Waals surface area contributed by atoms with E-state index >= 15 is 0 Å². The SMILES string of the molecule is O=C1OC[C@H]2CN(Cc3cc(Cl)ccc3OCCCn3ccnc3)C[C@@H]12. The summed E-state index contributed by atoms with van der Waals surface area (Å²) in [7, 11) is 0. The van der Waals surface area contributed by atoms with Crippen molar-refractivity contribution in [2.45, 2.75) is 19.5 Å². The number of fused-ring (bicyclic) bond motifs is 1. The highest BCUT2D eigenvalue weighted by Gasteiger charge is 2.43. The van der Waals surface area contributed by atoms with Crippen LogP contribution in [0.5, 0.6) is 5.75 Å². The minimum absolute atomic E-state index is 0.0220. The van der Waals surface area contributed by atoms with Crippen LogP contribution in [0.4, 0.5) is 0 Å². The van der Waals surface area contributed by atoms with Gasteiger partial charge in [0, 0.05) is 55.1 Å². The van der Waals surface area contributed by atoms with E-state index in [0.717, 1.165) is 43.9 Å². The molecule has 2 atom stereocenters. The third-order valence-electron chi connectivity index (χ3n) is 5.05. The normalized spacial score (nSPS) is 22.4. The van der Waals surface area contributed by atoms with Crippen LogP contribution < -0.4 is 4.74 Å². The molecule has 0 unspecified atom stereocenters. The topological polar surface area (TPSA) is 56.6 Å². The van der Waals surface area contributed by atoms with Crippen molar-refractivity contribution in [2.75, 3.05) is 26.3 Å². The van der Waals surface area contributed by atoms with Crippen LogP contribution in [0.25, 0.3) is 0 Å². The van der Waals surface area contributed by atoms with Crippen molar-refractivity contribution >= 4 is 17.6 Å². The smallest absolute Gasteiger partial charge is 0.310 e. The minimum atomic E-state index is -0.0560. The van der Waals surface area contributed by atoms with Gasteiger partial charge in [0.25, 0.3) is 0 Å². The van der Waals surface area contributed by atoms with Gasteiger partial charge >= 0.3 is 5.97 Å². The molecule has 0 bridgehead atoms. The number of imidazole rings is 1. The molecule has 2 aliphatic rings. The maximum Gasteiger partial charge on any atom is 0.310 e. The lowest BCUT2D eigenvalue weighted by molar-refractivity contribution is -0.141. The van der Waals surface area contributed by atoms with E-state index in [9.17, 15) is 4.79 Å². The van der Waals surface area contributed by atoms with Crippen LogP contribution in [0, 0.1) is 11.8 Å². The number of rotatable bonds is 7. The van der Waals surface area contributed by atoms with E-state index in [4.69, 9.17) is 21.1 Å². The molecule has 138 valence electrons. The summed E-state index contributed by atoms with van der Waals surface area (Å²) in [6.07, 6.45) is 6.43. The molecular weight excluding hydrogens is 354 g/mol. The molecule has 0 N–H and O–H groups in total. The Bertz CT molecular complexity index is 765. The zero-order chi connectivity index (χ0) is 17.9. The first-order valence-electron chi connectivity index (χ1n) is 8.95. The van der Waals surface area contributed by atoms with Crippen LogP contribution in [0.15, 0.2) is 36.9 Å². The molecule has 7 heteroatoms. The number of aryl methyl sites for hydroxylation is 1. The second-order valence-electron chi connectivity index (χ2n) is 6.95. The Morgan fingerprint density at radius 2 is 2.27 bits per heavy atom. The van der Waals surface area contributed by atoms with Gasteiger partial charge in [-0.2, -0.15) is 0 Å². The average molecular weight is 376 g/mol. The van der Waals surface area contributed by atoms with E-state index in [1.165, 1.54) is 0 Å². The third-order valence-corrected chi connectivity index (χ3v) is 5.29. The largest absolute Gasteiger partial charge is 0.493 e. The first-order chi connectivity index (χ1) is 12.7. The zero-order valence-electron chi connectivity index (χ0n) is 14.5. The molecule has 0 aliphatic carbocycles. The monoisotopic (exact) mass is 375 g/mol. The Morgan fingerprint density at radius 3 is 3.08 bits per heavy atom. The number of halogens is 1. The number of hydrogen-bond donors (Lipinski definition) is 0. The summed E-state index contributed by atoms with van der Waals surface area (Å²) in [5.74, 6) is 1.15. The molecule has 26 heavy (non-hydrogen) atoms. The fraction of sp³-hybridized carbons (Fsp3) is 0.474. The summed E-state index contributed by atoms with van der Waals surface area (Å²) in [6.45, 7) is 4.41. The second-order valence-corrected chi connectivity index (χ2v) is 7.38. The maximum atomic E-state index is 11.7. The third kappa shape index (κ3) is 3.86. The van der Waals surface area contributed by atoms with E-state index in [0.29, 0.717) is 24.2 Å². The number of benzene rings is 1. The number of cyclic esters (lactones) is 1. The molecule has 6 nitrogen and oxygen atoms in total. The Labute approximate surface area is 157 Å². The Kier molecular flexibility index (Phi) is 5.13. The highest BCUT2D eigenvalue weighted by Crippen LogP contribution is 2.33. The van der Waals surface area contributed by atoms with Crippen molar-refractivity contribution in [2.24, 2.45) is 11.8 Å². The summed E-state index contributed by atoms with van der Waals surface area (Å²) in [5.41, 5.74) is 1.06. The van der Waals surface area contributed by atoms with E-state index in [1.807, 2.05) is 35.3 Å². The first kappa shape index (κ1) is 17.4. The molecule has 1 aromatic carbocycles. The number of carbonyl (C=O) groups excluding carboxylic acids is 1. The maximum absolute atomic E-state index is 11.7. The van der Waals surface area contributed by atoms with Crippen LogP contribution in [0.3, 0.4) is 0 Å². The molecule has 2 aliphatic heterocycles. The van der Waals surface area contributed by atoms with Crippen LogP contribution in [0.2, 0.25) is 5.02 Å². The van der Waals surface area contributed by atoms with E-state index < -0.39 is 0 Å². The molecule has 1 aromatic heterocycles. The molecule has 0 saturated carbocycles. The molecule has 3 heterocycles. The number of likely N-dealkylation sites (tertiary alicyclic amines) is 1.